The number of hydrogen-bond acceptors (Lipinski definition) is 5. The van der Waals surface area contributed by atoms with E-state index in [9.17, 15) is 14.7 Å². The van der Waals surface area contributed by atoms with Gasteiger partial charge in [-0.15, -0.1) is 0 Å². The highest BCUT2D eigenvalue weighted by molar-refractivity contribution is 5.94. The van der Waals surface area contributed by atoms with E-state index in [1.165, 1.54) is 12.1 Å². The molecule has 0 saturated carbocycles. The number of benzene rings is 3. The summed E-state index contributed by atoms with van der Waals surface area (Å²) in [5.74, 6) is -0.245. The molecular weight excluding hydrogens is 396 g/mol. The first-order chi connectivity index (χ1) is 15.1. The molecule has 0 aliphatic rings. The second-order valence-electron chi connectivity index (χ2n) is 6.78. The molecule has 3 rings (SSSR count). The van der Waals surface area contributed by atoms with Crippen molar-refractivity contribution < 1.29 is 24.6 Å². The van der Waals surface area contributed by atoms with Crippen molar-refractivity contribution in [1.82, 2.24) is 10.8 Å². The lowest BCUT2D eigenvalue weighted by Gasteiger charge is -2.10. The average molecular weight is 420 g/mol. The number of carbonyl (C=O) groups excluding carboxylic acids is 2. The van der Waals surface area contributed by atoms with Crippen LogP contribution >= 0.6 is 0 Å². The van der Waals surface area contributed by atoms with Crippen LogP contribution in [0.2, 0.25) is 0 Å². The van der Waals surface area contributed by atoms with E-state index in [0.717, 1.165) is 16.7 Å². The highest BCUT2D eigenvalue weighted by Crippen LogP contribution is 2.24. The van der Waals surface area contributed by atoms with Gasteiger partial charge in [-0.2, -0.15) is 0 Å². The molecule has 0 saturated heterocycles. The van der Waals surface area contributed by atoms with Gasteiger partial charge in [0.05, 0.1) is 6.54 Å². The zero-order chi connectivity index (χ0) is 22.1. The second-order valence-corrected chi connectivity index (χ2v) is 6.78. The van der Waals surface area contributed by atoms with Crippen molar-refractivity contribution in [2.24, 2.45) is 0 Å². The molecule has 160 valence electrons. The van der Waals surface area contributed by atoms with E-state index < -0.39 is 5.91 Å². The second kappa shape index (κ2) is 10.9. The summed E-state index contributed by atoms with van der Waals surface area (Å²) in [7, 11) is 0. The molecule has 0 atom stereocenters. The lowest BCUT2D eigenvalue weighted by Crippen LogP contribution is -2.28. The van der Waals surface area contributed by atoms with Crippen LogP contribution in [0.4, 0.5) is 0 Å². The number of hydroxylamine groups is 1. The monoisotopic (exact) mass is 420 g/mol. The van der Waals surface area contributed by atoms with Gasteiger partial charge in [-0.3, -0.25) is 14.8 Å². The molecule has 0 unspecified atom stereocenters. The molecule has 0 bridgehead atoms. The molecule has 0 radical (unpaired) electrons. The SMILES string of the molecule is O=C(NO)c1ccc(OCCNC(=O)c2ccc(-c3ccccc3CCO)cc2)cc1. The first-order valence-corrected chi connectivity index (χ1v) is 9.87. The third-order valence-corrected chi connectivity index (χ3v) is 4.73. The van der Waals surface area contributed by atoms with Crippen LogP contribution in [0.15, 0.2) is 72.8 Å². The average Bonchev–Trinajstić information content (AvgIpc) is 2.82. The van der Waals surface area contributed by atoms with Crippen LogP contribution in [0.25, 0.3) is 11.1 Å². The van der Waals surface area contributed by atoms with Crippen molar-refractivity contribution in [1.29, 1.82) is 0 Å². The zero-order valence-electron chi connectivity index (χ0n) is 16.9. The maximum absolute atomic E-state index is 12.4. The Morgan fingerprint density at radius 1 is 0.839 bits per heavy atom. The first-order valence-electron chi connectivity index (χ1n) is 9.87. The molecule has 2 amide bonds. The molecule has 3 aromatic carbocycles. The van der Waals surface area contributed by atoms with Crippen molar-refractivity contribution in [2.45, 2.75) is 6.42 Å². The molecular formula is C24H24N2O5. The number of rotatable bonds is 9. The minimum absolute atomic E-state index is 0.0850. The minimum Gasteiger partial charge on any atom is -0.492 e. The van der Waals surface area contributed by atoms with E-state index in [4.69, 9.17) is 9.94 Å². The number of ether oxygens (including phenoxy) is 1. The van der Waals surface area contributed by atoms with E-state index in [-0.39, 0.29) is 19.1 Å². The van der Waals surface area contributed by atoms with Crippen LogP contribution in [0, 0.1) is 0 Å². The number of aliphatic hydroxyl groups excluding tert-OH is 1. The number of carbonyl (C=O) groups is 2. The van der Waals surface area contributed by atoms with Crippen LogP contribution in [0.1, 0.15) is 26.3 Å². The minimum atomic E-state index is -0.596. The fourth-order valence-corrected chi connectivity index (χ4v) is 3.14. The van der Waals surface area contributed by atoms with Gasteiger partial charge in [0.25, 0.3) is 11.8 Å². The smallest absolute Gasteiger partial charge is 0.274 e. The molecule has 4 N–H and O–H groups in total. The van der Waals surface area contributed by atoms with Crippen LogP contribution in [0.3, 0.4) is 0 Å². The highest BCUT2D eigenvalue weighted by Gasteiger charge is 2.08. The highest BCUT2D eigenvalue weighted by atomic mass is 16.5. The van der Waals surface area contributed by atoms with Gasteiger partial charge in [-0.1, -0.05) is 36.4 Å². The van der Waals surface area contributed by atoms with Gasteiger partial charge in [-0.05, 0) is 59.5 Å². The molecule has 3 aromatic rings. The maximum atomic E-state index is 12.4. The van der Waals surface area contributed by atoms with E-state index in [1.807, 2.05) is 36.4 Å². The lowest BCUT2D eigenvalue weighted by molar-refractivity contribution is 0.0706. The maximum Gasteiger partial charge on any atom is 0.274 e. The summed E-state index contributed by atoms with van der Waals surface area (Å²) in [5, 5.41) is 20.6. The Hall–Kier alpha value is -3.68. The van der Waals surface area contributed by atoms with Gasteiger partial charge in [0, 0.05) is 17.7 Å². The molecule has 0 fully saturated rings. The molecule has 7 nitrogen and oxygen atoms in total. The number of amides is 2. The van der Waals surface area contributed by atoms with Crippen molar-refractivity contribution >= 4 is 11.8 Å². The standard InChI is InChI=1S/C24H24N2O5/c27-15-13-17-3-1-2-4-22(17)18-5-7-19(8-6-18)23(28)25-14-16-31-21-11-9-20(10-12-21)24(29)26-30/h1-12,27,30H,13-16H2,(H,25,28)(H,26,29). The summed E-state index contributed by atoms with van der Waals surface area (Å²) >= 11 is 0. The van der Waals surface area contributed by atoms with E-state index in [1.54, 1.807) is 29.7 Å². The third kappa shape index (κ3) is 5.91. The summed E-state index contributed by atoms with van der Waals surface area (Å²) in [6, 6.07) is 21.5. The summed E-state index contributed by atoms with van der Waals surface area (Å²) in [6.07, 6.45) is 0.579. The quantitative estimate of drug-likeness (QED) is 0.242. The van der Waals surface area contributed by atoms with Crippen molar-refractivity contribution in [2.75, 3.05) is 19.8 Å². The van der Waals surface area contributed by atoms with E-state index in [0.29, 0.717) is 29.8 Å². The molecule has 7 heteroatoms. The van der Waals surface area contributed by atoms with Crippen molar-refractivity contribution in [3.63, 3.8) is 0 Å². The van der Waals surface area contributed by atoms with Gasteiger partial charge in [-0.25, -0.2) is 5.48 Å². The number of aliphatic hydroxyl groups is 1. The number of nitrogens with one attached hydrogen (secondary N) is 2. The molecule has 0 aromatic heterocycles. The summed E-state index contributed by atoms with van der Waals surface area (Å²) in [4.78, 5) is 23.6. The fourth-order valence-electron chi connectivity index (χ4n) is 3.14. The Kier molecular flexibility index (Phi) is 7.75. The predicted molar refractivity (Wildman–Crippen MR) is 116 cm³/mol. The van der Waals surface area contributed by atoms with Crippen molar-refractivity contribution in [3.8, 4) is 16.9 Å². The fraction of sp³-hybridized carbons (Fsp3) is 0.167. The molecule has 0 aliphatic heterocycles. The van der Waals surface area contributed by atoms with Crippen LogP contribution < -0.4 is 15.5 Å². The Balaban J connectivity index is 1.50. The van der Waals surface area contributed by atoms with Gasteiger partial charge in [0.2, 0.25) is 0 Å². The van der Waals surface area contributed by atoms with Gasteiger partial charge >= 0.3 is 0 Å². The number of hydrogen-bond donors (Lipinski definition) is 4. The third-order valence-electron chi connectivity index (χ3n) is 4.73. The lowest BCUT2D eigenvalue weighted by atomic mass is 9.97. The van der Waals surface area contributed by atoms with Crippen LogP contribution in [0.5, 0.6) is 5.75 Å². The summed E-state index contributed by atoms with van der Waals surface area (Å²) in [5.41, 5.74) is 5.51. The Bertz CT molecular complexity index is 1020. The van der Waals surface area contributed by atoms with Gasteiger partial charge < -0.3 is 15.2 Å². The molecule has 0 aliphatic carbocycles. The predicted octanol–water partition coefficient (Wildman–Crippen LogP) is 2.82. The summed E-state index contributed by atoms with van der Waals surface area (Å²) in [6.45, 7) is 0.671. The largest absolute Gasteiger partial charge is 0.492 e. The normalized spacial score (nSPS) is 10.4. The zero-order valence-corrected chi connectivity index (χ0v) is 16.9. The topological polar surface area (TPSA) is 108 Å². The summed E-state index contributed by atoms with van der Waals surface area (Å²) < 4.78 is 5.54. The van der Waals surface area contributed by atoms with Crippen LogP contribution in [-0.4, -0.2) is 41.9 Å². The molecule has 31 heavy (non-hydrogen) atoms. The van der Waals surface area contributed by atoms with E-state index in [2.05, 4.69) is 5.32 Å². The first kappa shape index (κ1) is 22.0. The Labute approximate surface area is 180 Å². The molecule has 0 heterocycles. The van der Waals surface area contributed by atoms with Gasteiger partial charge in [0.15, 0.2) is 0 Å². The van der Waals surface area contributed by atoms with Gasteiger partial charge in [0.1, 0.15) is 12.4 Å². The van der Waals surface area contributed by atoms with Crippen molar-refractivity contribution in [3.05, 3.63) is 89.5 Å². The Morgan fingerprint density at radius 2 is 1.48 bits per heavy atom. The van der Waals surface area contributed by atoms with Crippen LogP contribution in [-0.2, 0) is 6.42 Å². The molecule has 0 spiro atoms. The Morgan fingerprint density at radius 3 is 2.16 bits per heavy atom. The van der Waals surface area contributed by atoms with E-state index >= 15 is 0 Å².